The minimum atomic E-state index is -3.95. The molecule has 0 aliphatic carbocycles. The zero-order valence-corrected chi connectivity index (χ0v) is 17.8. The average Bonchev–Trinajstić information content (AvgIpc) is 2.74. The largest absolute Gasteiger partial charge is 0.465 e. The molecule has 0 heterocycles. The van der Waals surface area contributed by atoms with E-state index in [9.17, 15) is 18.0 Å². The number of ether oxygens (including phenoxy) is 1. The maximum absolute atomic E-state index is 13.3. The van der Waals surface area contributed by atoms with Crippen molar-refractivity contribution in [2.45, 2.75) is 16.7 Å². The molecule has 0 aliphatic rings. The Hall–Kier alpha value is -3.16. The molecule has 154 valence electrons. The van der Waals surface area contributed by atoms with Crippen LogP contribution >= 0.6 is 11.6 Å². The second-order valence-corrected chi connectivity index (χ2v) is 8.65. The molecule has 1 amide bonds. The lowest BCUT2D eigenvalue weighted by Gasteiger charge is -2.26. The molecule has 0 spiro atoms. The molecule has 0 atom stereocenters. The van der Waals surface area contributed by atoms with Crippen LogP contribution in [0.4, 0.5) is 11.4 Å². The summed E-state index contributed by atoms with van der Waals surface area (Å²) in [5, 5.41) is 0.271. The van der Waals surface area contributed by atoms with Crippen molar-refractivity contribution >= 4 is 44.7 Å². The van der Waals surface area contributed by atoms with Crippen molar-refractivity contribution in [3.8, 4) is 0 Å². The van der Waals surface area contributed by atoms with Crippen molar-refractivity contribution in [1.82, 2.24) is 0 Å². The van der Waals surface area contributed by atoms with Crippen LogP contribution in [0.15, 0.2) is 82.6 Å². The molecule has 0 aliphatic heterocycles. The average molecular weight is 444 g/mol. The summed E-state index contributed by atoms with van der Waals surface area (Å²) in [5.74, 6) is -1.19. The Morgan fingerprint density at radius 2 is 1.53 bits per heavy atom. The number of esters is 1. The quantitative estimate of drug-likeness (QED) is 0.536. The van der Waals surface area contributed by atoms with Crippen molar-refractivity contribution < 1.29 is 22.7 Å². The van der Waals surface area contributed by atoms with Crippen LogP contribution in [0.5, 0.6) is 0 Å². The topological polar surface area (TPSA) is 80.8 Å². The van der Waals surface area contributed by atoms with Crippen molar-refractivity contribution in [3.63, 3.8) is 0 Å². The van der Waals surface area contributed by atoms with Crippen molar-refractivity contribution in [2.24, 2.45) is 0 Å². The number of hydrogen-bond donors (Lipinski definition) is 0. The summed E-state index contributed by atoms with van der Waals surface area (Å²) in [6.07, 6.45) is 0. The summed E-state index contributed by atoms with van der Waals surface area (Å²) < 4.78 is 31.4. The van der Waals surface area contributed by atoms with Crippen LogP contribution in [-0.4, -0.2) is 27.4 Å². The number of carbonyl (C=O) groups excluding carboxylic acids is 2. The zero-order chi connectivity index (χ0) is 21.9. The highest BCUT2D eigenvalue weighted by Crippen LogP contribution is 2.37. The number of nitrogens with zero attached hydrogens (tertiary/aromatic N) is 1. The van der Waals surface area contributed by atoms with Gasteiger partial charge in [0, 0.05) is 11.9 Å². The molecule has 0 aromatic heterocycles. The van der Waals surface area contributed by atoms with E-state index in [0.29, 0.717) is 0 Å². The van der Waals surface area contributed by atoms with E-state index in [1.165, 1.54) is 56.5 Å². The molecule has 8 heteroatoms. The Morgan fingerprint density at radius 3 is 2.17 bits per heavy atom. The summed E-state index contributed by atoms with van der Waals surface area (Å²) in [4.78, 5) is 26.1. The number of amides is 1. The monoisotopic (exact) mass is 443 g/mol. The van der Waals surface area contributed by atoms with Crippen LogP contribution < -0.4 is 4.90 Å². The molecule has 0 N–H and O–H groups in total. The van der Waals surface area contributed by atoms with Gasteiger partial charge in [-0.3, -0.25) is 9.69 Å². The van der Waals surface area contributed by atoms with Crippen LogP contribution in [0, 0.1) is 0 Å². The van der Waals surface area contributed by atoms with E-state index in [4.69, 9.17) is 16.3 Å². The van der Waals surface area contributed by atoms with Gasteiger partial charge in [-0.25, -0.2) is 13.2 Å². The van der Waals surface area contributed by atoms with Gasteiger partial charge in [-0.05, 0) is 42.5 Å². The summed E-state index contributed by atoms with van der Waals surface area (Å²) >= 11 is 6.12. The normalized spacial score (nSPS) is 11.0. The highest BCUT2D eigenvalue weighted by molar-refractivity contribution is 7.91. The van der Waals surface area contributed by atoms with Crippen molar-refractivity contribution in [3.05, 3.63) is 83.4 Å². The van der Waals surface area contributed by atoms with E-state index in [1.807, 2.05) is 0 Å². The van der Waals surface area contributed by atoms with Crippen LogP contribution in [0.25, 0.3) is 0 Å². The molecule has 3 rings (SSSR count). The molecule has 0 saturated carbocycles. The molecule has 0 radical (unpaired) electrons. The number of carbonyl (C=O) groups is 2. The molecule has 0 fully saturated rings. The summed E-state index contributed by atoms with van der Waals surface area (Å²) in [6, 6.07) is 18.3. The van der Waals surface area contributed by atoms with Crippen LogP contribution in [0.3, 0.4) is 0 Å². The lowest BCUT2D eigenvalue weighted by atomic mass is 10.1. The second-order valence-electron chi connectivity index (χ2n) is 6.29. The summed E-state index contributed by atoms with van der Waals surface area (Å²) in [5.41, 5.74) is 0.294. The predicted molar refractivity (Wildman–Crippen MR) is 114 cm³/mol. The maximum atomic E-state index is 13.3. The number of methoxy groups -OCH3 is 1. The van der Waals surface area contributed by atoms with Gasteiger partial charge in [-0.1, -0.05) is 41.9 Å². The Kier molecular flexibility index (Phi) is 6.24. The Morgan fingerprint density at radius 1 is 0.900 bits per heavy atom. The molecule has 3 aromatic carbocycles. The van der Waals surface area contributed by atoms with Crippen molar-refractivity contribution in [2.75, 3.05) is 12.0 Å². The third-order valence-electron chi connectivity index (χ3n) is 4.37. The van der Waals surface area contributed by atoms with E-state index in [-0.39, 0.29) is 31.8 Å². The van der Waals surface area contributed by atoms with Gasteiger partial charge in [0.2, 0.25) is 15.7 Å². The number of sulfone groups is 1. The van der Waals surface area contributed by atoms with E-state index < -0.39 is 21.7 Å². The number of halogens is 1. The molecule has 0 saturated heterocycles. The molecule has 0 unspecified atom stereocenters. The van der Waals surface area contributed by atoms with E-state index in [2.05, 4.69) is 0 Å². The van der Waals surface area contributed by atoms with Crippen LogP contribution in [0.2, 0.25) is 5.02 Å². The summed E-state index contributed by atoms with van der Waals surface area (Å²) in [6.45, 7) is 1.27. The fourth-order valence-electron chi connectivity index (χ4n) is 3.04. The first-order chi connectivity index (χ1) is 14.3. The van der Waals surface area contributed by atoms with Gasteiger partial charge >= 0.3 is 5.97 Å². The summed E-state index contributed by atoms with van der Waals surface area (Å²) in [7, 11) is -2.73. The maximum Gasteiger partial charge on any atom is 0.339 e. The van der Waals surface area contributed by atoms with Crippen molar-refractivity contribution in [1.29, 1.82) is 0 Å². The molecular weight excluding hydrogens is 426 g/mol. The smallest absolute Gasteiger partial charge is 0.339 e. The second kappa shape index (κ2) is 8.69. The lowest BCUT2D eigenvalue weighted by molar-refractivity contribution is -0.115. The number of anilines is 2. The van der Waals surface area contributed by atoms with Gasteiger partial charge < -0.3 is 4.74 Å². The molecular formula is C22H18ClNO5S. The van der Waals surface area contributed by atoms with Gasteiger partial charge in [0.1, 0.15) is 0 Å². The third kappa shape index (κ3) is 4.08. The number of benzene rings is 3. The Bertz CT molecular complexity index is 1210. The number of rotatable bonds is 5. The third-order valence-corrected chi connectivity index (χ3v) is 6.42. The number of hydrogen-bond acceptors (Lipinski definition) is 5. The van der Waals surface area contributed by atoms with Gasteiger partial charge in [-0.2, -0.15) is 0 Å². The van der Waals surface area contributed by atoms with Crippen LogP contribution in [0.1, 0.15) is 17.3 Å². The Balaban J connectivity index is 2.29. The first kappa shape index (κ1) is 21.5. The van der Waals surface area contributed by atoms with E-state index in [0.717, 1.165) is 4.90 Å². The standard InChI is InChI=1S/C22H18ClNO5S/c1-15(25)24(20-14-16(23)12-13-18(20)22(26)29-2)19-10-6-7-11-21(19)30(27,28)17-8-4-3-5-9-17/h3-14H,1-2H3. The zero-order valence-electron chi connectivity index (χ0n) is 16.2. The Labute approximate surface area is 179 Å². The van der Waals surface area contributed by atoms with E-state index >= 15 is 0 Å². The molecule has 6 nitrogen and oxygen atoms in total. The molecule has 30 heavy (non-hydrogen) atoms. The molecule has 3 aromatic rings. The van der Waals surface area contributed by atoms with Gasteiger partial charge in [0.25, 0.3) is 0 Å². The first-order valence-corrected chi connectivity index (χ1v) is 10.7. The fourth-order valence-corrected chi connectivity index (χ4v) is 4.67. The predicted octanol–water partition coefficient (Wildman–Crippen LogP) is 4.64. The van der Waals surface area contributed by atoms with E-state index in [1.54, 1.807) is 30.3 Å². The molecule has 0 bridgehead atoms. The highest BCUT2D eigenvalue weighted by Gasteiger charge is 2.29. The van der Waals surface area contributed by atoms with Gasteiger partial charge in [-0.15, -0.1) is 0 Å². The van der Waals surface area contributed by atoms with Crippen LogP contribution in [-0.2, 0) is 19.4 Å². The van der Waals surface area contributed by atoms with Gasteiger partial charge in [0.05, 0.1) is 33.8 Å². The fraction of sp³-hybridized carbons (Fsp3) is 0.0909. The lowest BCUT2D eigenvalue weighted by Crippen LogP contribution is -2.27. The highest BCUT2D eigenvalue weighted by atomic mass is 35.5. The van der Waals surface area contributed by atoms with Gasteiger partial charge in [0.15, 0.2) is 0 Å². The minimum Gasteiger partial charge on any atom is -0.465 e. The number of para-hydroxylation sites is 1. The SMILES string of the molecule is COC(=O)c1ccc(Cl)cc1N(C(C)=O)c1ccccc1S(=O)(=O)c1ccccc1. The minimum absolute atomic E-state index is 0.0732. The first-order valence-electron chi connectivity index (χ1n) is 8.85.